The molecule has 1 aliphatic rings. The van der Waals surface area contributed by atoms with Crippen LogP contribution < -0.4 is 0 Å². The summed E-state index contributed by atoms with van der Waals surface area (Å²) < 4.78 is 5.16. The van der Waals surface area contributed by atoms with Crippen molar-refractivity contribution < 1.29 is 4.74 Å². The summed E-state index contributed by atoms with van der Waals surface area (Å²) in [6, 6.07) is 2.10. The number of morpholine rings is 1. The van der Waals surface area contributed by atoms with Crippen molar-refractivity contribution in [2.75, 3.05) is 26.2 Å². The second-order valence-electron chi connectivity index (χ2n) is 2.38. The van der Waals surface area contributed by atoms with Gasteiger partial charge in [0.05, 0.1) is 12.7 Å². The number of hydrogen-bond donors (Lipinski definition) is 0. The summed E-state index contributed by atoms with van der Waals surface area (Å²) in [6.45, 7) is 5.55. The first-order valence-corrected chi connectivity index (χ1v) is 3.60. The van der Waals surface area contributed by atoms with Crippen LogP contribution in [0.15, 0.2) is 0 Å². The van der Waals surface area contributed by atoms with Gasteiger partial charge in [0.15, 0.2) is 6.10 Å². The Morgan fingerprint density at radius 3 is 3.20 bits per heavy atom. The highest BCUT2D eigenvalue weighted by molar-refractivity contribution is 4.88. The lowest BCUT2D eigenvalue weighted by molar-refractivity contribution is 0.00269. The molecule has 0 unspecified atom stereocenters. The van der Waals surface area contributed by atoms with Crippen LogP contribution in [0.25, 0.3) is 0 Å². The molecular formula is C7H12N2O. The Balaban J connectivity index is 2.33. The van der Waals surface area contributed by atoms with Crippen molar-refractivity contribution in [2.24, 2.45) is 0 Å². The summed E-state index contributed by atoms with van der Waals surface area (Å²) in [6.07, 6.45) is -0.200. The van der Waals surface area contributed by atoms with E-state index >= 15 is 0 Å². The highest BCUT2D eigenvalue weighted by atomic mass is 16.5. The Hall–Kier alpha value is -0.590. The molecule has 0 amide bonds. The quantitative estimate of drug-likeness (QED) is 0.523. The summed E-state index contributed by atoms with van der Waals surface area (Å²) in [5.41, 5.74) is 0. The van der Waals surface area contributed by atoms with E-state index in [2.05, 4.69) is 17.9 Å². The second-order valence-corrected chi connectivity index (χ2v) is 2.38. The smallest absolute Gasteiger partial charge is 0.156 e. The molecule has 1 rings (SSSR count). The first-order valence-electron chi connectivity index (χ1n) is 3.60. The standard InChI is InChI=1S/C7H12N2O/c1-2-9-3-4-10-7(5-8)6-9/h7H,2-4,6H2,1H3/t7-/m1/s1. The summed E-state index contributed by atoms with van der Waals surface area (Å²) >= 11 is 0. The predicted molar refractivity (Wildman–Crippen MR) is 37.5 cm³/mol. The van der Waals surface area contributed by atoms with Crippen LogP contribution >= 0.6 is 0 Å². The molecule has 0 aromatic heterocycles. The first kappa shape index (κ1) is 7.52. The van der Waals surface area contributed by atoms with Gasteiger partial charge in [0.1, 0.15) is 0 Å². The molecule has 3 nitrogen and oxygen atoms in total. The van der Waals surface area contributed by atoms with Crippen molar-refractivity contribution in [1.29, 1.82) is 5.26 Å². The van der Waals surface area contributed by atoms with Crippen molar-refractivity contribution >= 4 is 0 Å². The molecule has 1 aliphatic heterocycles. The molecule has 10 heavy (non-hydrogen) atoms. The maximum Gasteiger partial charge on any atom is 0.156 e. The minimum absolute atomic E-state index is 0.200. The third-order valence-electron chi connectivity index (χ3n) is 1.74. The lowest BCUT2D eigenvalue weighted by atomic mass is 10.3. The Morgan fingerprint density at radius 1 is 1.80 bits per heavy atom. The van der Waals surface area contributed by atoms with Gasteiger partial charge in [-0.15, -0.1) is 0 Å². The van der Waals surface area contributed by atoms with E-state index < -0.39 is 0 Å². The van der Waals surface area contributed by atoms with Gasteiger partial charge in [0.25, 0.3) is 0 Å². The Morgan fingerprint density at radius 2 is 2.60 bits per heavy atom. The van der Waals surface area contributed by atoms with Crippen molar-refractivity contribution in [1.82, 2.24) is 4.90 Å². The van der Waals surface area contributed by atoms with Gasteiger partial charge in [-0.2, -0.15) is 5.26 Å². The zero-order chi connectivity index (χ0) is 7.40. The summed E-state index contributed by atoms with van der Waals surface area (Å²) in [4.78, 5) is 2.22. The van der Waals surface area contributed by atoms with Gasteiger partial charge >= 0.3 is 0 Å². The van der Waals surface area contributed by atoms with E-state index in [-0.39, 0.29) is 6.10 Å². The SMILES string of the molecule is CCN1CCO[C@H](C#N)C1. The maximum atomic E-state index is 8.50. The summed E-state index contributed by atoms with van der Waals surface area (Å²) in [5, 5.41) is 8.50. The zero-order valence-corrected chi connectivity index (χ0v) is 6.21. The second kappa shape index (κ2) is 3.55. The summed E-state index contributed by atoms with van der Waals surface area (Å²) in [7, 11) is 0. The molecular weight excluding hydrogens is 128 g/mol. The van der Waals surface area contributed by atoms with Crippen LogP contribution in [-0.4, -0.2) is 37.2 Å². The molecule has 3 heteroatoms. The van der Waals surface area contributed by atoms with Crippen LogP contribution in [0.2, 0.25) is 0 Å². The fourth-order valence-corrected chi connectivity index (χ4v) is 1.07. The Bertz CT molecular complexity index is 141. The normalized spacial score (nSPS) is 27.8. The van der Waals surface area contributed by atoms with E-state index in [1.807, 2.05) is 0 Å². The number of rotatable bonds is 1. The van der Waals surface area contributed by atoms with Gasteiger partial charge in [-0.25, -0.2) is 0 Å². The van der Waals surface area contributed by atoms with E-state index in [1.165, 1.54) is 0 Å². The minimum atomic E-state index is -0.200. The number of ether oxygens (including phenoxy) is 1. The fraction of sp³-hybridized carbons (Fsp3) is 0.857. The zero-order valence-electron chi connectivity index (χ0n) is 6.21. The van der Waals surface area contributed by atoms with Crippen LogP contribution in [0.5, 0.6) is 0 Å². The molecule has 1 saturated heterocycles. The van der Waals surface area contributed by atoms with Crippen LogP contribution in [0.3, 0.4) is 0 Å². The molecule has 1 fully saturated rings. The van der Waals surface area contributed by atoms with Crippen LogP contribution in [0, 0.1) is 11.3 Å². The van der Waals surface area contributed by atoms with Crippen LogP contribution in [0.4, 0.5) is 0 Å². The average molecular weight is 140 g/mol. The molecule has 1 atom stereocenters. The molecule has 0 saturated carbocycles. The highest BCUT2D eigenvalue weighted by Crippen LogP contribution is 2.02. The Kier molecular flexibility index (Phi) is 2.67. The van der Waals surface area contributed by atoms with Gasteiger partial charge in [-0.3, -0.25) is 4.90 Å². The molecule has 0 radical (unpaired) electrons. The molecule has 56 valence electrons. The van der Waals surface area contributed by atoms with Gasteiger partial charge < -0.3 is 4.74 Å². The van der Waals surface area contributed by atoms with E-state index in [1.54, 1.807) is 0 Å². The first-order chi connectivity index (χ1) is 4.86. The number of likely N-dealkylation sites (N-methyl/N-ethyl adjacent to an activating group) is 1. The monoisotopic (exact) mass is 140 g/mol. The average Bonchev–Trinajstić information content (AvgIpc) is 2.05. The minimum Gasteiger partial charge on any atom is -0.361 e. The van der Waals surface area contributed by atoms with Crippen molar-refractivity contribution in [3.8, 4) is 6.07 Å². The molecule has 0 bridgehead atoms. The van der Waals surface area contributed by atoms with E-state index in [9.17, 15) is 0 Å². The highest BCUT2D eigenvalue weighted by Gasteiger charge is 2.17. The lowest BCUT2D eigenvalue weighted by Gasteiger charge is -2.28. The lowest BCUT2D eigenvalue weighted by Crippen LogP contribution is -2.41. The predicted octanol–water partition coefficient (Wildman–Crippen LogP) is 0.231. The Labute approximate surface area is 61.2 Å². The fourth-order valence-electron chi connectivity index (χ4n) is 1.07. The molecule has 0 N–H and O–H groups in total. The maximum absolute atomic E-state index is 8.50. The van der Waals surface area contributed by atoms with Gasteiger partial charge in [0, 0.05) is 13.1 Å². The summed E-state index contributed by atoms with van der Waals surface area (Å²) in [5.74, 6) is 0. The number of hydrogen-bond acceptors (Lipinski definition) is 3. The van der Waals surface area contributed by atoms with Gasteiger partial charge in [-0.1, -0.05) is 6.92 Å². The van der Waals surface area contributed by atoms with Crippen molar-refractivity contribution in [3.05, 3.63) is 0 Å². The third-order valence-corrected chi connectivity index (χ3v) is 1.74. The molecule has 1 heterocycles. The number of nitrogens with zero attached hydrogens (tertiary/aromatic N) is 2. The van der Waals surface area contributed by atoms with Crippen LogP contribution in [-0.2, 0) is 4.74 Å². The van der Waals surface area contributed by atoms with Crippen molar-refractivity contribution in [3.63, 3.8) is 0 Å². The molecule has 0 aromatic carbocycles. The van der Waals surface area contributed by atoms with E-state index in [0.717, 1.165) is 19.6 Å². The molecule has 0 aliphatic carbocycles. The largest absolute Gasteiger partial charge is 0.361 e. The van der Waals surface area contributed by atoms with Gasteiger partial charge in [-0.05, 0) is 6.54 Å². The molecule has 0 spiro atoms. The third kappa shape index (κ3) is 1.69. The topological polar surface area (TPSA) is 36.3 Å². The van der Waals surface area contributed by atoms with E-state index in [0.29, 0.717) is 6.61 Å². The van der Waals surface area contributed by atoms with E-state index in [4.69, 9.17) is 10.00 Å². The number of nitriles is 1. The van der Waals surface area contributed by atoms with Crippen molar-refractivity contribution in [2.45, 2.75) is 13.0 Å². The van der Waals surface area contributed by atoms with Crippen LogP contribution in [0.1, 0.15) is 6.92 Å². The molecule has 0 aromatic rings. The van der Waals surface area contributed by atoms with Gasteiger partial charge in [0.2, 0.25) is 0 Å².